The smallest absolute Gasteiger partial charge is 0.309 e. The molecule has 2 heteroatoms. The van der Waals surface area contributed by atoms with E-state index in [1.165, 1.54) is 0 Å². The second kappa shape index (κ2) is 5.03. The molecule has 0 aliphatic heterocycles. The SMILES string of the molecule is C/C=C(/C)CC(=O)OCC. The molecule has 0 aromatic rings. The third-order valence-corrected chi connectivity index (χ3v) is 1.22. The van der Waals surface area contributed by atoms with Gasteiger partial charge < -0.3 is 4.74 Å². The summed E-state index contributed by atoms with van der Waals surface area (Å²) in [5, 5.41) is 0. The number of carbonyl (C=O) groups is 1. The Morgan fingerprint density at radius 3 is 2.60 bits per heavy atom. The van der Waals surface area contributed by atoms with Crippen LogP contribution in [0, 0.1) is 0 Å². The molecule has 0 atom stereocenters. The first-order valence-corrected chi connectivity index (χ1v) is 3.48. The van der Waals surface area contributed by atoms with E-state index in [1.807, 2.05) is 26.8 Å². The van der Waals surface area contributed by atoms with Gasteiger partial charge in [-0.25, -0.2) is 0 Å². The average Bonchev–Trinajstić information content (AvgIpc) is 1.88. The van der Waals surface area contributed by atoms with Gasteiger partial charge >= 0.3 is 5.97 Å². The maximum absolute atomic E-state index is 10.7. The van der Waals surface area contributed by atoms with E-state index in [0.717, 1.165) is 5.57 Å². The van der Waals surface area contributed by atoms with Gasteiger partial charge in [-0.05, 0) is 20.8 Å². The predicted molar refractivity (Wildman–Crippen MR) is 40.7 cm³/mol. The van der Waals surface area contributed by atoms with Crippen LogP contribution in [0.4, 0.5) is 0 Å². The van der Waals surface area contributed by atoms with Crippen LogP contribution < -0.4 is 0 Å². The summed E-state index contributed by atoms with van der Waals surface area (Å²) in [7, 11) is 0. The van der Waals surface area contributed by atoms with E-state index in [1.54, 1.807) is 0 Å². The van der Waals surface area contributed by atoms with Crippen molar-refractivity contribution in [2.75, 3.05) is 6.61 Å². The monoisotopic (exact) mass is 142 g/mol. The standard InChI is InChI=1S/C8H14O2/c1-4-7(3)6-8(9)10-5-2/h4H,5-6H2,1-3H3/b7-4-. The first-order chi connectivity index (χ1) is 4.70. The lowest BCUT2D eigenvalue weighted by molar-refractivity contribution is -0.142. The molecule has 0 spiro atoms. The second-order valence-corrected chi connectivity index (χ2v) is 2.12. The Kier molecular flexibility index (Phi) is 4.63. The summed E-state index contributed by atoms with van der Waals surface area (Å²) in [6.45, 7) is 6.10. The molecule has 0 saturated heterocycles. The van der Waals surface area contributed by atoms with Gasteiger partial charge in [0.2, 0.25) is 0 Å². The molecule has 0 rings (SSSR count). The quantitative estimate of drug-likeness (QED) is 0.444. The van der Waals surface area contributed by atoms with E-state index < -0.39 is 0 Å². The minimum atomic E-state index is -0.141. The fourth-order valence-corrected chi connectivity index (χ4v) is 0.542. The van der Waals surface area contributed by atoms with Gasteiger partial charge in [-0.3, -0.25) is 4.79 Å². The summed E-state index contributed by atoms with van der Waals surface area (Å²) in [5.74, 6) is -0.141. The zero-order valence-electron chi connectivity index (χ0n) is 6.81. The normalized spacial score (nSPS) is 11.3. The Bertz CT molecular complexity index is 136. The van der Waals surface area contributed by atoms with Crippen LogP contribution in [0.5, 0.6) is 0 Å². The van der Waals surface area contributed by atoms with Crippen molar-refractivity contribution in [3.05, 3.63) is 11.6 Å². The molecule has 58 valence electrons. The molecule has 10 heavy (non-hydrogen) atoms. The van der Waals surface area contributed by atoms with E-state index in [2.05, 4.69) is 0 Å². The molecule has 0 fully saturated rings. The lowest BCUT2D eigenvalue weighted by atomic mass is 10.2. The highest BCUT2D eigenvalue weighted by Crippen LogP contribution is 1.99. The highest BCUT2D eigenvalue weighted by molar-refractivity contribution is 5.72. The number of esters is 1. The van der Waals surface area contributed by atoms with E-state index in [-0.39, 0.29) is 5.97 Å². The summed E-state index contributed by atoms with van der Waals surface area (Å²) < 4.78 is 4.73. The maximum Gasteiger partial charge on any atom is 0.309 e. The molecule has 0 amide bonds. The molecule has 0 radical (unpaired) electrons. The lowest BCUT2D eigenvalue weighted by Gasteiger charge is -1.99. The van der Waals surface area contributed by atoms with Crippen molar-refractivity contribution in [3.8, 4) is 0 Å². The summed E-state index contributed by atoms with van der Waals surface area (Å²) >= 11 is 0. The molecule has 0 aliphatic rings. The summed E-state index contributed by atoms with van der Waals surface area (Å²) in [6, 6.07) is 0. The van der Waals surface area contributed by atoms with E-state index in [4.69, 9.17) is 4.74 Å². The molecule has 0 heterocycles. The van der Waals surface area contributed by atoms with Crippen LogP contribution in [0.25, 0.3) is 0 Å². The molecule has 0 aliphatic carbocycles. The summed E-state index contributed by atoms with van der Waals surface area (Å²) in [6.07, 6.45) is 2.33. The van der Waals surface area contributed by atoms with Crippen molar-refractivity contribution in [1.29, 1.82) is 0 Å². The number of ether oxygens (including phenoxy) is 1. The second-order valence-electron chi connectivity index (χ2n) is 2.12. The minimum Gasteiger partial charge on any atom is -0.466 e. The molecule has 0 saturated carbocycles. The highest BCUT2D eigenvalue weighted by Gasteiger charge is 2.00. The third-order valence-electron chi connectivity index (χ3n) is 1.22. The Morgan fingerprint density at radius 1 is 1.60 bits per heavy atom. The van der Waals surface area contributed by atoms with Crippen LogP contribution in [0.15, 0.2) is 11.6 Å². The van der Waals surface area contributed by atoms with Crippen molar-refractivity contribution < 1.29 is 9.53 Å². The van der Waals surface area contributed by atoms with E-state index in [0.29, 0.717) is 13.0 Å². The molecule has 0 aromatic carbocycles. The predicted octanol–water partition coefficient (Wildman–Crippen LogP) is 1.91. The summed E-state index contributed by atoms with van der Waals surface area (Å²) in [5.41, 5.74) is 1.05. The van der Waals surface area contributed by atoms with Crippen LogP contribution >= 0.6 is 0 Å². The van der Waals surface area contributed by atoms with Crippen molar-refractivity contribution >= 4 is 5.97 Å². The van der Waals surface area contributed by atoms with Gasteiger partial charge in [-0.2, -0.15) is 0 Å². The van der Waals surface area contributed by atoms with Gasteiger partial charge in [-0.1, -0.05) is 11.6 Å². The lowest BCUT2D eigenvalue weighted by Crippen LogP contribution is -2.03. The van der Waals surface area contributed by atoms with Gasteiger partial charge in [0.05, 0.1) is 13.0 Å². The third kappa shape index (κ3) is 4.13. The Hall–Kier alpha value is -0.790. The fraction of sp³-hybridized carbons (Fsp3) is 0.625. The van der Waals surface area contributed by atoms with Crippen molar-refractivity contribution in [2.45, 2.75) is 27.2 Å². The average molecular weight is 142 g/mol. The van der Waals surface area contributed by atoms with Crippen molar-refractivity contribution in [2.24, 2.45) is 0 Å². The van der Waals surface area contributed by atoms with Crippen LogP contribution in [-0.4, -0.2) is 12.6 Å². The van der Waals surface area contributed by atoms with Gasteiger partial charge in [-0.15, -0.1) is 0 Å². The molecule has 0 N–H and O–H groups in total. The van der Waals surface area contributed by atoms with Gasteiger partial charge in [0.25, 0.3) is 0 Å². The van der Waals surface area contributed by atoms with Crippen LogP contribution in [0.3, 0.4) is 0 Å². The molecular weight excluding hydrogens is 128 g/mol. The summed E-state index contributed by atoms with van der Waals surface area (Å²) in [4.78, 5) is 10.7. The number of hydrogen-bond donors (Lipinski definition) is 0. The largest absolute Gasteiger partial charge is 0.466 e. The topological polar surface area (TPSA) is 26.3 Å². The molecule has 0 bridgehead atoms. The Balaban J connectivity index is 3.58. The number of hydrogen-bond acceptors (Lipinski definition) is 2. The Labute approximate surface area is 61.9 Å². The van der Waals surface area contributed by atoms with Crippen molar-refractivity contribution in [3.63, 3.8) is 0 Å². The number of carbonyl (C=O) groups excluding carboxylic acids is 1. The van der Waals surface area contributed by atoms with Gasteiger partial charge in [0.1, 0.15) is 0 Å². The Morgan fingerprint density at radius 2 is 2.20 bits per heavy atom. The molecule has 0 aromatic heterocycles. The molecular formula is C8H14O2. The first kappa shape index (κ1) is 9.21. The van der Waals surface area contributed by atoms with Crippen molar-refractivity contribution in [1.82, 2.24) is 0 Å². The maximum atomic E-state index is 10.7. The zero-order valence-corrected chi connectivity index (χ0v) is 6.81. The van der Waals surface area contributed by atoms with Crippen LogP contribution in [-0.2, 0) is 9.53 Å². The van der Waals surface area contributed by atoms with Crippen LogP contribution in [0.2, 0.25) is 0 Å². The molecule has 0 unspecified atom stereocenters. The fourth-order valence-electron chi connectivity index (χ4n) is 0.542. The number of allylic oxidation sites excluding steroid dienone is 1. The van der Waals surface area contributed by atoms with Gasteiger partial charge in [0.15, 0.2) is 0 Å². The molecule has 2 nitrogen and oxygen atoms in total. The van der Waals surface area contributed by atoms with E-state index >= 15 is 0 Å². The van der Waals surface area contributed by atoms with Crippen LogP contribution in [0.1, 0.15) is 27.2 Å². The first-order valence-electron chi connectivity index (χ1n) is 3.48. The van der Waals surface area contributed by atoms with E-state index in [9.17, 15) is 4.79 Å². The number of rotatable bonds is 3. The highest BCUT2D eigenvalue weighted by atomic mass is 16.5. The van der Waals surface area contributed by atoms with Gasteiger partial charge in [0, 0.05) is 0 Å². The minimum absolute atomic E-state index is 0.141. The zero-order chi connectivity index (χ0) is 7.98.